The lowest BCUT2D eigenvalue weighted by molar-refractivity contribution is 0.595. The number of aromatic nitrogens is 2. The SMILES string of the molecule is CS(=O)(=O)c1ccc(N2CCc3c2[nH]c(N)nc3=O)c(F)c1. The molecule has 2 aromatic rings. The van der Waals surface area contributed by atoms with Crippen LogP contribution in [0.1, 0.15) is 5.56 Å². The fraction of sp³-hybridized carbons (Fsp3) is 0.231. The van der Waals surface area contributed by atoms with Gasteiger partial charge in [-0.1, -0.05) is 0 Å². The summed E-state index contributed by atoms with van der Waals surface area (Å²) in [5, 5.41) is 0. The molecule has 1 aromatic carbocycles. The normalized spacial score (nSPS) is 14.2. The van der Waals surface area contributed by atoms with Crippen molar-refractivity contribution in [1.82, 2.24) is 9.97 Å². The minimum absolute atomic E-state index is 0.0520. The van der Waals surface area contributed by atoms with Gasteiger partial charge >= 0.3 is 0 Å². The summed E-state index contributed by atoms with van der Waals surface area (Å²) in [7, 11) is -3.49. The van der Waals surface area contributed by atoms with Crippen LogP contribution in [0.25, 0.3) is 0 Å². The van der Waals surface area contributed by atoms with Gasteiger partial charge in [-0.3, -0.25) is 4.79 Å². The Bertz CT molecular complexity index is 923. The molecule has 22 heavy (non-hydrogen) atoms. The largest absolute Gasteiger partial charge is 0.369 e. The number of nitrogen functional groups attached to an aromatic ring is 1. The quantitative estimate of drug-likeness (QED) is 0.837. The zero-order chi connectivity index (χ0) is 16.1. The number of benzene rings is 1. The van der Waals surface area contributed by atoms with E-state index in [1.54, 1.807) is 4.90 Å². The summed E-state index contributed by atoms with van der Waals surface area (Å²) in [6, 6.07) is 3.66. The molecule has 3 N–H and O–H groups in total. The van der Waals surface area contributed by atoms with Crippen molar-refractivity contribution in [1.29, 1.82) is 0 Å². The summed E-state index contributed by atoms with van der Waals surface area (Å²) in [4.78, 5) is 19.6. The van der Waals surface area contributed by atoms with Crippen LogP contribution in [0.3, 0.4) is 0 Å². The number of hydrogen-bond acceptors (Lipinski definition) is 6. The van der Waals surface area contributed by atoms with E-state index in [2.05, 4.69) is 9.97 Å². The number of anilines is 3. The van der Waals surface area contributed by atoms with Crippen LogP contribution >= 0.6 is 0 Å². The van der Waals surface area contributed by atoms with E-state index in [0.29, 0.717) is 24.3 Å². The lowest BCUT2D eigenvalue weighted by Crippen LogP contribution is -2.19. The first-order chi connectivity index (χ1) is 10.3. The molecule has 0 fully saturated rings. The van der Waals surface area contributed by atoms with E-state index >= 15 is 0 Å². The van der Waals surface area contributed by atoms with E-state index in [9.17, 15) is 17.6 Å². The zero-order valence-corrected chi connectivity index (χ0v) is 12.4. The molecule has 0 spiro atoms. The Morgan fingerprint density at radius 2 is 2.14 bits per heavy atom. The smallest absolute Gasteiger partial charge is 0.279 e. The van der Waals surface area contributed by atoms with Crippen molar-refractivity contribution >= 4 is 27.3 Å². The van der Waals surface area contributed by atoms with Gasteiger partial charge in [-0.05, 0) is 24.6 Å². The first-order valence-electron chi connectivity index (χ1n) is 6.43. The molecule has 1 aliphatic heterocycles. The van der Waals surface area contributed by atoms with Crippen molar-refractivity contribution in [2.75, 3.05) is 23.4 Å². The van der Waals surface area contributed by atoms with Crippen molar-refractivity contribution in [3.63, 3.8) is 0 Å². The molecule has 1 aromatic heterocycles. The lowest BCUT2D eigenvalue weighted by Gasteiger charge is -2.20. The van der Waals surface area contributed by atoms with Crippen molar-refractivity contribution < 1.29 is 12.8 Å². The third kappa shape index (κ3) is 2.33. The molecule has 1 aliphatic rings. The highest BCUT2D eigenvalue weighted by atomic mass is 32.2. The van der Waals surface area contributed by atoms with E-state index in [1.165, 1.54) is 12.1 Å². The molecular formula is C13H13FN4O3S. The molecule has 0 saturated carbocycles. The van der Waals surface area contributed by atoms with Gasteiger partial charge in [0, 0.05) is 12.8 Å². The van der Waals surface area contributed by atoms with Gasteiger partial charge in [-0.15, -0.1) is 0 Å². The van der Waals surface area contributed by atoms with Gasteiger partial charge in [0.1, 0.15) is 11.6 Å². The molecule has 0 unspecified atom stereocenters. The second-order valence-corrected chi connectivity index (χ2v) is 7.06. The Morgan fingerprint density at radius 1 is 1.41 bits per heavy atom. The summed E-state index contributed by atoms with van der Waals surface area (Å²) in [5.41, 5.74) is 5.69. The molecule has 0 saturated heterocycles. The van der Waals surface area contributed by atoms with Crippen LogP contribution in [0.15, 0.2) is 27.9 Å². The predicted octanol–water partition coefficient (Wildman–Crippen LogP) is 0.589. The van der Waals surface area contributed by atoms with Gasteiger partial charge in [0.05, 0.1) is 16.1 Å². The van der Waals surface area contributed by atoms with Crippen LogP contribution in [-0.4, -0.2) is 31.2 Å². The number of sulfone groups is 1. The van der Waals surface area contributed by atoms with Crippen molar-refractivity contribution in [2.45, 2.75) is 11.3 Å². The molecule has 0 radical (unpaired) electrons. The maximum Gasteiger partial charge on any atom is 0.279 e. The lowest BCUT2D eigenvalue weighted by atomic mass is 10.2. The van der Waals surface area contributed by atoms with E-state index in [-0.39, 0.29) is 16.5 Å². The van der Waals surface area contributed by atoms with Crippen LogP contribution in [-0.2, 0) is 16.3 Å². The Balaban J connectivity index is 2.11. The second-order valence-electron chi connectivity index (χ2n) is 5.04. The molecular weight excluding hydrogens is 311 g/mol. The number of nitrogens with one attached hydrogen (secondary N) is 1. The molecule has 0 amide bonds. The fourth-order valence-electron chi connectivity index (χ4n) is 2.47. The third-order valence-corrected chi connectivity index (χ3v) is 4.62. The van der Waals surface area contributed by atoms with E-state index < -0.39 is 21.2 Å². The molecule has 116 valence electrons. The maximum atomic E-state index is 14.3. The minimum Gasteiger partial charge on any atom is -0.369 e. The van der Waals surface area contributed by atoms with Crippen LogP contribution < -0.4 is 16.2 Å². The molecule has 3 rings (SSSR count). The summed E-state index contributed by atoms with van der Waals surface area (Å²) in [5.74, 6) is -0.348. The van der Waals surface area contributed by atoms with Gasteiger partial charge in [-0.25, -0.2) is 12.8 Å². The highest BCUT2D eigenvalue weighted by Crippen LogP contribution is 2.33. The maximum absolute atomic E-state index is 14.3. The monoisotopic (exact) mass is 324 g/mol. The minimum atomic E-state index is -3.49. The zero-order valence-electron chi connectivity index (χ0n) is 11.6. The molecule has 0 aliphatic carbocycles. The Morgan fingerprint density at radius 3 is 2.77 bits per heavy atom. The van der Waals surface area contributed by atoms with Crippen LogP contribution in [0.4, 0.5) is 21.8 Å². The van der Waals surface area contributed by atoms with Gasteiger partial charge in [-0.2, -0.15) is 4.98 Å². The standard InChI is InChI=1S/C13H13FN4O3S/c1-22(20,21)7-2-3-10(9(14)6-7)18-5-4-8-11(18)16-13(15)17-12(8)19/h2-3,6H,4-5H2,1H3,(H3,15,16,17,19). The molecule has 0 bridgehead atoms. The molecule has 9 heteroatoms. The van der Waals surface area contributed by atoms with Gasteiger partial charge < -0.3 is 15.6 Å². The summed E-state index contributed by atoms with van der Waals surface area (Å²) in [6.45, 7) is 0.376. The number of aromatic amines is 1. The summed E-state index contributed by atoms with van der Waals surface area (Å²) < 4.78 is 37.2. The van der Waals surface area contributed by atoms with Crippen LogP contribution in [0.2, 0.25) is 0 Å². The van der Waals surface area contributed by atoms with Crippen LogP contribution in [0.5, 0.6) is 0 Å². The van der Waals surface area contributed by atoms with Gasteiger partial charge in [0.2, 0.25) is 5.95 Å². The average molecular weight is 324 g/mol. The second kappa shape index (κ2) is 4.80. The van der Waals surface area contributed by atoms with Gasteiger partial charge in [0.25, 0.3) is 5.56 Å². The highest BCUT2D eigenvalue weighted by molar-refractivity contribution is 7.90. The van der Waals surface area contributed by atoms with E-state index in [4.69, 9.17) is 5.73 Å². The van der Waals surface area contributed by atoms with Crippen molar-refractivity contribution in [3.05, 3.63) is 39.9 Å². The highest BCUT2D eigenvalue weighted by Gasteiger charge is 2.27. The topological polar surface area (TPSA) is 109 Å². The number of H-pyrrole nitrogens is 1. The summed E-state index contributed by atoms with van der Waals surface area (Å²) >= 11 is 0. The Kier molecular flexibility index (Phi) is 3.17. The number of fused-ring (bicyclic) bond motifs is 1. The number of hydrogen-bond donors (Lipinski definition) is 2. The van der Waals surface area contributed by atoms with Crippen LogP contribution in [0, 0.1) is 5.82 Å². The fourth-order valence-corrected chi connectivity index (χ4v) is 3.10. The first-order valence-corrected chi connectivity index (χ1v) is 8.32. The van der Waals surface area contributed by atoms with Gasteiger partial charge in [0.15, 0.2) is 9.84 Å². The van der Waals surface area contributed by atoms with E-state index in [0.717, 1.165) is 12.3 Å². The number of nitrogens with two attached hydrogens (primary N) is 1. The average Bonchev–Trinajstić information content (AvgIpc) is 2.81. The van der Waals surface area contributed by atoms with Crippen molar-refractivity contribution in [2.24, 2.45) is 0 Å². The number of nitrogens with zero attached hydrogens (tertiary/aromatic N) is 2. The number of halogens is 1. The third-order valence-electron chi connectivity index (χ3n) is 3.51. The first kappa shape index (κ1) is 14.5. The molecule has 7 nitrogen and oxygen atoms in total. The van der Waals surface area contributed by atoms with Crippen molar-refractivity contribution in [3.8, 4) is 0 Å². The number of rotatable bonds is 2. The molecule has 0 atom stereocenters. The Labute approximate surface area is 125 Å². The summed E-state index contributed by atoms with van der Waals surface area (Å²) in [6.07, 6.45) is 1.42. The van der Waals surface area contributed by atoms with E-state index in [1.807, 2.05) is 0 Å². The predicted molar refractivity (Wildman–Crippen MR) is 79.5 cm³/mol. The molecule has 2 heterocycles. The Hall–Kier alpha value is -2.42.